The summed E-state index contributed by atoms with van der Waals surface area (Å²) in [6.45, 7) is 1.08. The molecule has 0 spiro atoms. The molecule has 3 aromatic rings. The van der Waals surface area contributed by atoms with Gasteiger partial charge in [-0.05, 0) is 59.9 Å². The SMILES string of the molecule is COC(=O)c1ccc(Cn2ccc(C3(c4ccncc4)CCCO3)cc2=O)cc1. The molecule has 29 heavy (non-hydrogen) atoms. The number of nitrogens with zero attached hydrogens (tertiary/aromatic N) is 2. The van der Waals surface area contributed by atoms with Crippen LogP contribution in [0.1, 0.15) is 39.9 Å². The molecule has 2 aromatic heterocycles. The molecule has 0 amide bonds. The van der Waals surface area contributed by atoms with Crippen molar-refractivity contribution in [3.05, 3.63) is 99.7 Å². The lowest BCUT2D eigenvalue weighted by atomic mass is 9.85. The third-order valence-corrected chi connectivity index (χ3v) is 5.36. The van der Waals surface area contributed by atoms with Crippen molar-refractivity contribution < 1.29 is 14.3 Å². The Hall–Kier alpha value is -3.25. The Balaban J connectivity index is 1.61. The molecular weight excluding hydrogens is 368 g/mol. The quantitative estimate of drug-likeness (QED) is 0.626. The van der Waals surface area contributed by atoms with Gasteiger partial charge in [0.15, 0.2) is 0 Å². The number of pyridine rings is 2. The highest BCUT2D eigenvalue weighted by molar-refractivity contribution is 5.89. The molecule has 6 heteroatoms. The molecule has 1 aliphatic heterocycles. The van der Waals surface area contributed by atoms with E-state index in [9.17, 15) is 9.59 Å². The van der Waals surface area contributed by atoms with E-state index in [0.717, 1.165) is 29.5 Å². The second-order valence-electron chi connectivity index (χ2n) is 7.08. The van der Waals surface area contributed by atoms with Crippen molar-refractivity contribution in [2.75, 3.05) is 13.7 Å². The number of rotatable bonds is 5. The average Bonchev–Trinajstić information content (AvgIpc) is 3.27. The molecule has 0 bridgehead atoms. The third kappa shape index (κ3) is 3.71. The number of hydrogen-bond acceptors (Lipinski definition) is 5. The molecule has 1 atom stereocenters. The van der Waals surface area contributed by atoms with Gasteiger partial charge >= 0.3 is 5.97 Å². The topological polar surface area (TPSA) is 70.4 Å². The summed E-state index contributed by atoms with van der Waals surface area (Å²) in [6, 6.07) is 14.6. The number of aromatic nitrogens is 2. The summed E-state index contributed by atoms with van der Waals surface area (Å²) in [5, 5.41) is 0. The Bertz CT molecular complexity index is 1050. The van der Waals surface area contributed by atoms with Gasteiger partial charge in [0.25, 0.3) is 5.56 Å². The van der Waals surface area contributed by atoms with Gasteiger partial charge < -0.3 is 14.0 Å². The largest absolute Gasteiger partial charge is 0.465 e. The van der Waals surface area contributed by atoms with Crippen LogP contribution in [0.15, 0.2) is 71.9 Å². The first kappa shape index (κ1) is 19.1. The first-order valence-corrected chi connectivity index (χ1v) is 9.55. The van der Waals surface area contributed by atoms with Gasteiger partial charge in [-0.2, -0.15) is 0 Å². The van der Waals surface area contributed by atoms with E-state index in [2.05, 4.69) is 4.98 Å². The smallest absolute Gasteiger partial charge is 0.337 e. The molecule has 148 valence electrons. The fourth-order valence-electron chi connectivity index (χ4n) is 3.83. The van der Waals surface area contributed by atoms with Gasteiger partial charge in [-0.3, -0.25) is 9.78 Å². The van der Waals surface area contributed by atoms with E-state index < -0.39 is 5.60 Å². The lowest BCUT2D eigenvalue weighted by molar-refractivity contribution is 0.0357. The Morgan fingerprint density at radius 3 is 2.52 bits per heavy atom. The highest BCUT2D eigenvalue weighted by Gasteiger charge is 2.39. The molecule has 3 heterocycles. The van der Waals surface area contributed by atoms with Crippen LogP contribution in [0.3, 0.4) is 0 Å². The summed E-state index contributed by atoms with van der Waals surface area (Å²) < 4.78 is 12.5. The van der Waals surface area contributed by atoms with Crippen LogP contribution in [-0.2, 0) is 21.6 Å². The number of benzene rings is 1. The van der Waals surface area contributed by atoms with Crippen molar-refractivity contribution in [1.82, 2.24) is 9.55 Å². The number of carbonyl (C=O) groups excluding carboxylic acids is 1. The Morgan fingerprint density at radius 2 is 1.90 bits per heavy atom. The normalized spacial score (nSPS) is 18.5. The minimum Gasteiger partial charge on any atom is -0.465 e. The van der Waals surface area contributed by atoms with Crippen LogP contribution >= 0.6 is 0 Å². The van der Waals surface area contributed by atoms with Gasteiger partial charge in [0.05, 0.1) is 19.2 Å². The first-order chi connectivity index (χ1) is 14.1. The van der Waals surface area contributed by atoms with Crippen molar-refractivity contribution in [3.8, 4) is 0 Å². The van der Waals surface area contributed by atoms with E-state index in [-0.39, 0.29) is 11.5 Å². The van der Waals surface area contributed by atoms with Crippen LogP contribution in [-0.4, -0.2) is 29.2 Å². The second-order valence-corrected chi connectivity index (χ2v) is 7.08. The Morgan fingerprint density at radius 1 is 1.14 bits per heavy atom. The number of esters is 1. The van der Waals surface area contributed by atoms with E-state index in [0.29, 0.717) is 18.7 Å². The van der Waals surface area contributed by atoms with Crippen molar-refractivity contribution in [2.45, 2.75) is 25.0 Å². The fourth-order valence-corrected chi connectivity index (χ4v) is 3.83. The minimum atomic E-state index is -0.594. The molecular formula is C23H22N2O4. The van der Waals surface area contributed by atoms with Crippen molar-refractivity contribution in [1.29, 1.82) is 0 Å². The number of ether oxygens (including phenoxy) is 2. The lowest BCUT2D eigenvalue weighted by Gasteiger charge is -2.29. The van der Waals surface area contributed by atoms with Gasteiger partial charge in [-0.15, -0.1) is 0 Å². The molecule has 1 fully saturated rings. The second kappa shape index (κ2) is 8.01. The first-order valence-electron chi connectivity index (χ1n) is 9.55. The molecule has 1 unspecified atom stereocenters. The highest BCUT2D eigenvalue weighted by atomic mass is 16.5. The van der Waals surface area contributed by atoms with Crippen molar-refractivity contribution >= 4 is 5.97 Å². The van der Waals surface area contributed by atoms with E-state index >= 15 is 0 Å². The van der Waals surface area contributed by atoms with Crippen LogP contribution < -0.4 is 5.56 Å². The van der Waals surface area contributed by atoms with Crippen LogP contribution in [0, 0.1) is 0 Å². The van der Waals surface area contributed by atoms with Crippen molar-refractivity contribution in [3.63, 3.8) is 0 Å². The predicted molar refractivity (Wildman–Crippen MR) is 108 cm³/mol. The standard InChI is InChI=1S/C23H22N2O4/c1-28-22(27)18-5-3-17(4-6-18)16-25-13-9-20(15-21(25)26)23(10-2-14-29-23)19-7-11-24-12-8-19/h3-9,11-13,15H,2,10,14,16H2,1H3. The van der Waals surface area contributed by atoms with E-state index in [1.165, 1.54) is 7.11 Å². The number of hydrogen-bond donors (Lipinski definition) is 0. The maximum Gasteiger partial charge on any atom is 0.337 e. The van der Waals surface area contributed by atoms with Crippen LogP contribution in [0.25, 0.3) is 0 Å². The van der Waals surface area contributed by atoms with Crippen LogP contribution in [0.4, 0.5) is 0 Å². The monoisotopic (exact) mass is 390 g/mol. The van der Waals surface area contributed by atoms with Crippen LogP contribution in [0.5, 0.6) is 0 Å². The van der Waals surface area contributed by atoms with E-state index in [1.807, 2.05) is 30.3 Å². The number of carbonyl (C=O) groups is 1. The maximum atomic E-state index is 12.8. The minimum absolute atomic E-state index is 0.0940. The van der Waals surface area contributed by atoms with Gasteiger partial charge in [0.2, 0.25) is 0 Å². The van der Waals surface area contributed by atoms with Gasteiger partial charge in [0.1, 0.15) is 5.60 Å². The molecule has 4 rings (SSSR count). The molecule has 0 saturated carbocycles. The number of methoxy groups -OCH3 is 1. The Labute approximate surface area is 168 Å². The van der Waals surface area contributed by atoms with Gasteiger partial charge in [0, 0.05) is 31.3 Å². The average molecular weight is 390 g/mol. The van der Waals surface area contributed by atoms with Gasteiger partial charge in [-0.1, -0.05) is 12.1 Å². The molecule has 0 N–H and O–H groups in total. The zero-order valence-corrected chi connectivity index (χ0v) is 16.2. The summed E-state index contributed by atoms with van der Waals surface area (Å²) in [6.07, 6.45) is 7.07. The zero-order valence-electron chi connectivity index (χ0n) is 16.2. The molecule has 1 aliphatic rings. The molecule has 0 radical (unpaired) electrons. The van der Waals surface area contributed by atoms with E-state index in [4.69, 9.17) is 9.47 Å². The molecule has 1 saturated heterocycles. The zero-order chi connectivity index (χ0) is 20.3. The molecule has 1 aromatic carbocycles. The van der Waals surface area contributed by atoms with Crippen molar-refractivity contribution in [2.24, 2.45) is 0 Å². The van der Waals surface area contributed by atoms with Gasteiger partial charge in [-0.25, -0.2) is 4.79 Å². The lowest BCUT2D eigenvalue weighted by Crippen LogP contribution is -2.30. The molecule has 6 nitrogen and oxygen atoms in total. The summed E-state index contributed by atoms with van der Waals surface area (Å²) in [4.78, 5) is 28.5. The fraction of sp³-hybridized carbons (Fsp3) is 0.261. The summed E-state index contributed by atoms with van der Waals surface area (Å²) >= 11 is 0. The highest BCUT2D eigenvalue weighted by Crippen LogP contribution is 2.41. The summed E-state index contributed by atoms with van der Waals surface area (Å²) in [5.74, 6) is -0.379. The molecule has 0 aliphatic carbocycles. The Kier molecular flexibility index (Phi) is 5.27. The van der Waals surface area contributed by atoms with Crippen LogP contribution in [0.2, 0.25) is 0 Å². The maximum absolute atomic E-state index is 12.8. The predicted octanol–water partition coefficient (Wildman–Crippen LogP) is 3.13. The summed E-state index contributed by atoms with van der Waals surface area (Å²) in [7, 11) is 1.35. The van der Waals surface area contributed by atoms with E-state index in [1.54, 1.807) is 41.4 Å². The summed E-state index contributed by atoms with van der Waals surface area (Å²) in [5.41, 5.74) is 2.60. The third-order valence-electron chi connectivity index (χ3n) is 5.36.